The standard InChI is InChI=1S/C20H34/c1-7-14-19(9-3)20(10-4)16-13-11-12-15-18(6)17(5)8-2/h8,11,13,16,19H,2,7,9-10,12,14-15H2,1,3-6H3. The van der Waals surface area contributed by atoms with Crippen LogP contribution >= 0.6 is 0 Å². The topological polar surface area (TPSA) is 0 Å². The van der Waals surface area contributed by atoms with Crippen LogP contribution in [0.1, 0.15) is 73.1 Å². The molecule has 0 aromatic carbocycles. The monoisotopic (exact) mass is 274 g/mol. The van der Waals surface area contributed by atoms with Gasteiger partial charge < -0.3 is 0 Å². The fraction of sp³-hybridized carbons (Fsp3) is 0.600. The Hall–Kier alpha value is -1.04. The Morgan fingerprint density at radius 2 is 1.85 bits per heavy atom. The third kappa shape index (κ3) is 7.53. The molecule has 0 aliphatic heterocycles. The maximum Gasteiger partial charge on any atom is -0.0203 e. The van der Waals surface area contributed by atoms with Gasteiger partial charge in [-0.15, -0.1) is 0 Å². The van der Waals surface area contributed by atoms with Crippen LogP contribution in [-0.2, 0) is 0 Å². The van der Waals surface area contributed by atoms with Gasteiger partial charge in [0.15, 0.2) is 0 Å². The Labute approximate surface area is 127 Å². The van der Waals surface area contributed by atoms with Gasteiger partial charge in [0, 0.05) is 0 Å². The molecule has 0 heterocycles. The molecule has 0 amide bonds. The van der Waals surface area contributed by atoms with Gasteiger partial charge in [0.1, 0.15) is 0 Å². The summed E-state index contributed by atoms with van der Waals surface area (Å²) in [6.45, 7) is 15.0. The SMILES string of the molecule is C=CC(C)=C(C)CCC=CC=C(CC)C(CC)CCC. The number of hydrogen-bond donors (Lipinski definition) is 0. The third-order valence-electron chi connectivity index (χ3n) is 4.17. The van der Waals surface area contributed by atoms with E-state index in [1.165, 1.54) is 36.8 Å². The molecule has 20 heavy (non-hydrogen) atoms. The molecule has 0 heteroatoms. The Morgan fingerprint density at radius 1 is 1.15 bits per heavy atom. The predicted molar refractivity (Wildman–Crippen MR) is 94.0 cm³/mol. The Morgan fingerprint density at radius 3 is 2.35 bits per heavy atom. The second kappa shape index (κ2) is 11.8. The van der Waals surface area contributed by atoms with Gasteiger partial charge >= 0.3 is 0 Å². The first-order chi connectivity index (χ1) is 9.60. The average Bonchev–Trinajstić information content (AvgIpc) is 2.47. The smallest absolute Gasteiger partial charge is 0.0203 e. The van der Waals surface area contributed by atoms with Crippen LogP contribution in [0.25, 0.3) is 0 Å². The number of allylic oxidation sites excluding steroid dienone is 7. The summed E-state index contributed by atoms with van der Waals surface area (Å²) in [4.78, 5) is 0. The quantitative estimate of drug-likeness (QED) is 0.376. The number of hydrogen-bond acceptors (Lipinski definition) is 0. The maximum absolute atomic E-state index is 3.82. The van der Waals surface area contributed by atoms with Gasteiger partial charge in [0.05, 0.1) is 0 Å². The van der Waals surface area contributed by atoms with Crippen LogP contribution in [0.3, 0.4) is 0 Å². The summed E-state index contributed by atoms with van der Waals surface area (Å²) in [5, 5.41) is 0. The molecule has 0 aliphatic carbocycles. The van der Waals surface area contributed by atoms with Crippen molar-refractivity contribution in [3.63, 3.8) is 0 Å². The molecule has 114 valence electrons. The lowest BCUT2D eigenvalue weighted by Crippen LogP contribution is -2.01. The fourth-order valence-electron chi connectivity index (χ4n) is 2.50. The Kier molecular flexibility index (Phi) is 11.1. The highest BCUT2D eigenvalue weighted by Crippen LogP contribution is 2.23. The van der Waals surface area contributed by atoms with E-state index in [1.807, 2.05) is 6.08 Å². The molecule has 0 aliphatic rings. The second-order valence-electron chi connectivity index (χ2n) is 5.62. The van der Waals surface area contributed by atoms with Crippen LogP contribution < -0.4 is 0 Å². The van der Waals surface area contributed by atoms with E-state index < -0.39 is 0 Å². The summed E-state index contributed by atoms with van der Waals surface area (Å²) in [5.41, 5.74) is 4.37. The first-order valence-corrected chi connectivity index (χ1v) is 8.24. The summed E-state index contributed by atoms with van der Waals surface area (Å²) < 4.78 is 0. The van der Waals surface area contributed by atoms with Crippen LogP contribution in [0.4, 0.5) is 0 Å². The van der Waals surface area contributed by atoms with Gasteiger partial charge in [-0.2, -0.15) is 0 Å². The Bertz CT molecular complexity index is 352. The van der Waals surface area contributed by atoms with Crippen LogP contribution in [0.15, 0.2) is 47.6 Å². The summed E-state index contributed by atoms with van der Waals surface area (Å²) in [5.74, 6) is 0.777. The molecule has 0 saturated carbocycles. The predicted octanol–water partition coefficient (Wildman–Crippen LogP) is 7.01. The third-order valence-corrected chi connectivity index (χ3v) is 4.17. The maximum atomic E-state index is 3.82. The molecule has 0 fully saturated rings. The van der Waals surface area contributed by atoms with E-state index in [1.54, 1.807) is 5.57 Å². The molecule has 0 radical (unpaired) electrons. The molecule has 1 unspecified atom stereocenters. The zero-order valence-corrected chi connectivity index (χ0v) is 14.3. The molecule has 0 N–H and O–H groups in total. The molecule has 0 spiro atoms. The Balaban J connectivity index is 4.43. The minimum Gasteiger partial charge on any atom is -0.0988 e. The van der Waals surface area contributed by atoms with Gasteiger partial charge in [-0.05, 0) is 51.9 Å². The van der Waals surface area contributed by atoms with Gasteiger partial charge in [-0.25, -0.2) is 0 Å². The summed E-state index contributed by atoms with van der Waals surface area (Å²) in [6.07, 6.45) is 16.2. The minimum absolute atomic E-state index is 0.777. The molecular formula is C20H34. The van der Waals surface area contributed by atoms with Gasteiger partial charge in [-0.3, -0.25) is 0 Å². The average molecular weight is 274 g/mol. The van der Waals surface area contributed by atoms with Crippen molar-refractivity contribution >= 4 is 0 Å². The van der Waals surface area contributed by atoms with Crippen molar-refractivity contribution in [2.45, 2.75) is 73.1 Å². The summed E-state index contributed by atoms with van der Waals surface area (Å²) in [6, 6.07) is 0. The van der Waals surface area contributed by atoms with Crippen molar-refractivity contribution < 1.29 is 0 Å². The van der Waals surface area contributed by atoms with Crippen molar-refractivity contribution in [1.82, 2.24) is 0 Å². The molecule has 0 saturated heterocycles. The normalized spacial score (nSPS) is 15.3. The van der Waals surface area contributed by atoms with E-state index in [2.05, 4.69) is 59.4 Å². The van der Waals surface area contributed by atoms with E-state index >= 15 is 0 Å². The molecular weight excluding hydrogens is 240 g/mol. The van der Waals surface area contributed by atoms with Gasteiger partial charge in [0.25, 0.3) is 0 Å². The van der Waals surface area contributed by atoms with Crippen molar-refractivity contribution in [2.75, 3.05) is 0 Å². The zero-order chi connectivity index (χ0) is 15.4. The van der Waals surface area contributed by atoms with E-state index in [0.29, 0.717) is 0 Å². The van der Waals surface area contributed by atoms with Crippen molar-refractivity contribution in [1.29, 1.82) is 0 Å². The lowest BCUT2D eigenvalue weighted by molar-refractivity contribution is 0.522. The lowest BCUT2D eigenvalue weighted by atomic mass is 9.90. The zero-order valence-electron chi connectivity index (χ0n) is 14.3. The number of rotatable bonds is 10. The minimum atomic E-state index is 0.777. The van der Waals surface area contributed by atoms with E-state index in [-0.39, 0.29) is 0 Å². The first-order valence-electron chi connectivity index (χ1n) is 8.24. The van der Waals surface area contributed by atoms with Gasteiger partial charge in [0.2, 0.25) is 0 Å². The van der Waals surface area contributed by atoms with E-state index in [4.69, 9.17) is 0 Å². The van der Waals surface area contributed by atoms with Crippen molar-refractivity contribution in [2.24, 2.45) is 5.92 Å². The molecule has 0 aromatic heterocycles. The van der Waals surface area contributed by atoms with E-state index in [9.17, 15) is 0 Å². The van der Waals surface area contributed by atoms with Crippen LogP contribution in [0.2, 0.25) is 0 Å². The molecule has 1 atom stereocenters. The van der Waals surface area contributed by atoms with Gasteiger partial charge in [-0.1, -0.05) is 74.8 Å². The molecule has 0 nitrogen and oxygen atoms in total. The van der Waals surface area contributed by atoms with Crippen molar-refractivity contribution in [3.8, 4) is 0 Å². The van der Waals surface area contributed by atoms with Crippen LogP contribution in [0, 0.1) is 5.92 Å². The highest BCUT2D eigenvalue weighted by atomic mass is 14.1. The fourth-order valence-corrected chi connectivity index (χ4v) is 2.50. The first kappa shape index (κ1) is 19.0. The summed E-state index contributed by atoms with van der Waals surface area (Å²) in [7, 11) is 0. The molecule has 0 rings (SSSR count). The van der Waals surface area contributed by atoms with Crippen LogP contribution in [-0.4, -0.2) is 0 Å². The van der Waals surface area contributed by atoms with Crippen molar-refractivity contribution in [3.05, 3.63) is 47.6 Å². The molecule has 0 bridgehead atoms. The second-order valence-corrected chi connectivity index (χ2v) is 5.62. The molecule has 0 aromatic rings. The van der Waals surface area contributed by atoms with Crippen LogP contribution in [0.5, 0.6) is 0 Å². The summed E-state index contributed by atoms with van der Waals surface area (Å²) >= 11 is 0. The largest absolute Gasteiger partial charge is 0.0988 e. The highest BCUT2D eigenvalue weighted by molar-refractivity contribution is 5.21. The lowest BCUT2D eigenvalue weighted by Gasteiger charge is -2.16. The highest BCUT2D eigenvalue weighted by Gasteiger charge is 2.08. The van der Waals surface area contributed by atoms with E-state index in [0.717, 1.165) is 18.8 Å².